The SMILES string of the molecule is CN=C(C)N1CCc2nc[nH]c2C1. The number of hydrogen-bond acceptors (Lipinski definition) is 2. The number of aromatic amines is 1. The first-order chi connectivity index (χ1) is 6.31. The number of H-pyrrole nitrogens is 1. The molecule has 4 nitrogen and oxygen atoms in total. The Bertz CT molecular complexity index is 326. The number of nitrogens with one attached hydrogen (secondary N) is 1. The molecule has 0 amide bonds. The van der Waals surface area contributed by atoms with Crippen LogP contribution in [-0.4, -0.2) is 34.3 Å². The molecule has 4 heteroatoms. The monoisotopic (exact) mass is 178 g/mol. The first kappa shape index (κ1) is 8.29. The van der Waals surface area contributed by atoms with Crippen LogP contribution in [-0.2, 0) is 13.0 Å². The first-order valence-corrected chi connectivity index (χ1v) is 4.50. The summed E-state index contributed by atoms with van der Waals surface area (Å²) < 4.78 is 0. The molecule has 13 heavy (non-hydrogen) atoms. The van der Waals surface area contributed by atoms with Gasteiger partial charge in [0, 0.05) is 20.0 Å². The van der Waals surface area contributed by atoms with E-state index < -0.39 is 0 Å². The van der Waals surface area contributed by atoms with Gasteiger partial charge in [0.15, 0.2) is 0 Å². The van der Waals surface area contributed by atoms with Gasteiger partial charge < -0.3 is 9.88 Å². The number of rotatable bonds is 0. The van der Waals surface area contributed by atoms with Crippen LogP contribution in [0.25, 0.3) is 0 Å². The predicted octanol–water partition coefficient (Wildman–Crippen LogP) is 0.816. The van der Waals surface area contributed by atoms with Gasteiger partial charge in [0.25, 0.3) is 0 Å². The Kier molecular flexibility index (Phi) is 2.04. The van der Waals surface area contributed by atoms with Crippen LogP contribution in [0.15, 0.2) is 11.3 Å². The van der Waals surface area contributed by atoms with E-state index in [0.29, 0.717) is 0 Å². The number of amidine groups is 1. The van der Waals surface area contributed by atoms with Gasteiger partial charge in [0.05, 0.1) is 30.1 Å². The van der Waals surface area contributed by atoms with Crippen molar-refractivity contribution in [2.24, 2.45) is 4.99 Å². The molecule has 0 fully saturated rings. The van der Waals surface area contributed by atoms with Gasteiger partial charge in [-0.15, -0.1) is 0 Å². The summed E-state index contributed by atoms with van der Waals surface area (Å²) in [5, 5.41) is 0. The number of imidazole rings is 1. The van der Waals surface area contributed by atoms with Gasteiger partial charge in [-0.05, 0) is 6.92 Å². The summed E-state index contributed by atoms with van der Waals surface area (Å²) >= 11 is 0. The molecule has 0 bridgehead atoms. The first-order valence-electron chi connectivity index (χ1n) is 4.50. The largest absolute Gasteiger partial charge is 0.354 e. The smallest absolute Gasteiger partial charge is 0.0957 e. The van der Waals surface area contributed by atoms with Crippen LogP contribution in [0.1, 0.15) is 18.3 Å². The van der Waals surface area contributed by atoms with E-state index in [9.17, 15) is 0 Å². The van der Waals surface area contributed by atoms with Crippen LogP contribution < -0.4 is 0 Å². The van der Waals surface area contributed by atoms with Gasteiger partial charge in [-0.3, -0.25) is 4.99 Å². The minimum absolute atomic E-state index is 0.915. The average molecular weight is 178 g/mol. The molecule has 70 valence electrons. The van der Waals surface area contributed by atoms with Crippen molar-refractivity contribution in [3.05, 3.63) is 17.7 Å². The maximum Gasteiger partial charge on any atom is 0.0957 e. The normalized spacial score (nSPS) is 17.4. The van der Waals surface area contributed by atoms with Crippen molar-refractivity contribution >= 4 is 5.84 Å². The topological polar surface area (TPSA) is 44.3 Å². The fourth-order valence-electron chi connectivity index (χ4n) is 1.63. The molecule has 0 atom stereocenters. The Morgan fingerprint density at radius 3 is 3.31 bits per heavy atom. The van der Waals surface area contributed by atoms with Crippen molar-refractivity contribution in [1.82, 2.24) is 14.9 Å². The molecule has 0 radical (unpaired) electrons. The molecule has 1 aromatic rings. The predicted molar refractivity (Wildman–Crippen MR) is 51.7 cm³/mol. The van der Waals surface area contributed by atoms with Crippen molar-refractivity contribution in [2.45, 2.75) is 19.9 Å². The van der Waals surface area contributed by atoms with Gasteiger partial charge in [-0.1, -0.05) is 0 Å². The molecule has 0 unspecified atom stereocenters. The standard InChI is InChI=1S/C9H14N4/c1-7(10-2)13-4-3-8-9(5-13)12-6-11-8/h6H,3-5H2,1-2H3,(H,11,12). The van der Waals surface area contributed by atoms with Crippen LogP contribution in [0, 0.1) is 0 Å². The molecule has 1 aliphatic heterocycles. The third-order valence-electron chi connectivity index (χ3n) is 2.56. The van der Waals surface area contributed by atoms with E-state index in [1.807, 2.05) is 14.0 Å². The highest BCUT2D eigenvalue weighted by atomic mass is 15.2. The second-order valence-electron chi connectivity index (χ2n) is 3.27. The molecular formula is C9H14N4. The fraction of sp³-hybridized carbons (Fsp3) is 0.556. The van der Waals surface area contributed by atoms with E-state index in [1.165, 1.54) is 11.4 Å². The lowest BCUT2D eigenvalue weighted by Crippen LogP contribution is -2.34. The summed E-state index contributed by atoms with van der Waals surface area (Å²) in [4.78, 5) is 13.9. The Hall–Kier alpha value is -1.32. The number of hydrogen-bond donors (Lipinski definition) is 1. The second kappa shape index (κ2) is 3.20. The van der Waals surface area contributed by atoms with Crippen molar-refractivity contribution < 1.29 is 0 Å². The zero-order chi connectivity index (χ0) is 9.26. The zero-order valence-electron chi connectivity index (χ0n) is 8.04. The lowest BCUT2D eigenvalue weighted by atomic mass is 10.1. The fourth-order valence-corrected chi connectivity index (χ4v) is 1.63. The van der Waals surface area contributed by atoms with Crippen LogP contribution in [0.4, 0.5) is 0 Å². The summed E-state index contributed by atoms with van der Waals surface area (Å²) in [5.74, 6) is 1.10. The second-order valence-corrected chi connectivity index (χ2v) is 3.27. The van der Waals surface area contributed by atoms with Gasteiger partial charge in [-0.2, -0.15) is 0 Å². The Morgan fingerprint density at radius 2 is 2.54 bits per heavy atom. The lowest BCUT2D eigenvalue weighted by molar-refractivity contribution is 0.384. The number of nitrogens with zero attached hydrogens (tertiary/aromatic N) is 3. The molecule has 2 rings (SSSR count). The third kappa shape index (κ3) is 1.43. The summed E-state index contributed by atoms with van der Waals surface area (Å²) in [5.41, 5.74) is 2.44. The molecule has 0 saturated heterocycles. The highest BCUT2D eigenvalue weighted by Gasteiger charge is 2.18. The van der Waals surface area contributed by atoms with Gasteiger partial charge >= 0.3 is 0 Å². The molecule has 0 aliphatic carbocycles. The van der Waals surface area contributed by atoms with E-state index in [2.05, 4.69) is 19.9 Å². The van der Waals surface area contributed by atoms with Gasteiger partial charge in [-0.25, -0.2) is 4.98 Å². The zero-order valence-corrected chi connectivity index (χ0v) is 8.04. The average Bonchev–Trinajstić information content (AvgIpc) is 2.63. The lowest BCUT2D eigenvalue weighted by Gasteiger charge is -2.27. The van der Waals surface area contributed by atoms with E-state index >= 15 is 0 Å². The maximum atomic E-state index is 4.25. The maximum absolute atomic E-state index is 4.25. The van der Waals surface area contributed by atoms with Crippen molar-refractivity contribution in [1.29, 1.82) is 0 Å². The van der Waals surface area contributed by atoms with E-state index in [0.717, 1.165) is 25.3 Å². The molecule has 2 heterocycles. The quantitative estimate of drug-likeness (QED) is 0.472. The van der Waals surface area contributed by atoms with Crippen LogP contribution in [0.2, 0.25) is 0 Å². The van der Waals surface area contributed by atoms with Crippen molar-refractivity contribution in [2.75, 3.05) is 13.6 Å². The number of fused-ring (bicyclic) bond motifs is 1. The van der Waals surface area contributed by atoms with Crippen LogP contribution in [0.3, 0.4) is 0 Å². The van der Waals surface area contributed by atoms with E-state index in [1.54, 1.807) is 6.33 Å². The molecule has 1 N–H and O–H groups in total. The Balaban J connectivity index is 2.17. The van der Waals surface area contributed by atoms with Gasteiger partial charge in [0.2, 0.25) is 0 Å². The number of aliphatic imine (C=N–C) groups is 1. The van der Waals surface area contributed by atoms with Crippen molar-refractivity contribution in [3.63, 3.8) is 0 Å². The Labute approximate surface area is 77.7 Å². The van der Waals surface area contributed by atoms with E-state index in [-0.39, 0.29) is 0 Å². The Morgan fingerprint density at radius 1 is 1.69 bits per heavy atom. The number of aromatic nitrogens is 2. The summed E-state index contributed by atoms with van der Waals surface area (Å²) in [6, 6.07) is 0. The molecule has 0 aromatic carbocycles. The highest BCUT2D eigenvalue weighted by Crippen LogP contribution is 2.14. The van der Waals surface area contributed by atoms with Crippen LogP contribution >= 0.6 is 0 Å². The third-order valence-corrected chi connectivity index (χ3v) is 2.56. The van der Waals surface area contributed by atoms with Crippen molar-refractivity contribution in [3.8, 4) is 0 Å². The highest BCUT2D eigenvalue weighted by molar-refractivity contribution is 5.79. The van der Waals surface area contributed by atoms with Crippen LogP contribution in [0.5, 0.6) is 0 Å². The minimum Gasteiger partial charge on any atom is -0.354 e. The molecule has 1 aliphatic rings. The molecular weight excluding hydrogens is 164 g/mol. The summed E-state index contributed by atoms with van der Waals surface area (Å²) in [6.45, 7) is 3.99. The summed E-state index contributed by atoms with van der Waals surface area (Å²) in [6.07, 6.45) is 2.79. The minimum atomic E-state index is 0.915. The molecule has 1 aromatic heterocycles. The van der Waals surface area contributed by atoms with Gasteiger partial charge in [0.1, 0.15) is 0 Å². The molecule has 0 saturated carbocycles. The summed E-state index contributed by atoms with van der Waals surface area (Å²) in [7, 11) is 1.83. The molecule has 0 spiro atoms. The van der Waals surface area contributed by atoms with E-state index in [4.69, 9.17) is 0 Å².